The molecule has 1 atom stereocenters. The number of aryl methyl sites for hydroxylation is 1. The zero-order valence-corrected chi connectivity index (χ0v) is 12.3. The van der Waals surface area contributed by atoms with Gasteiger partial charge in [0.15, 0.2) is 0 Å². The molecule has 1 fully saturated rings. The Bertz CT molecular complexity index is 435. The lowest BCUT2D eigenvalue weighted by Gasteiger charge is -2.37. The van der Waals surface area contributed by atoms with E-state index in [-0.39, 0.29) is 0 Å². The van der Waals surface area contributed by atoms with Gasteiger partial charge in [-0.05, 0) is 38.3 Å². The van der Waals surface area contributed by atoms with Crippen molar-refractivity contribution in [2.24, 2.45) is 0 Å². The van der Waals surface area contributed by atoms with Crippen LogP contribution in [0, 0.1) is 6.92 Å². The highest BCUT2D eigenvalue weighted by molar-refractivity contribution is 5.56. The van der Waals surface area contributed by atoms with Gasteiger partial charge in [-0.2, -0.15) is 0 Å². The molecule has 0 spiro atoms. The van der Waals surface area contributed by atoms with E-state index in [4.69, 9.17) is 0 Å². The van der Waals surface area contributed by atoms with E-state index >= 15 is 0 Å². The zero-order chi connectivity index (χ0) is 13.2. The van der Waals surface area contributed by atoms with Crippen molar-refractivity contribution >= 4 is 5.69 Å². The van der Waals surface area contributed by atoms with Crippen LogP contribution in [0.25, 0.3) is 0 Å². The maximum Gasteiger partial charge on any atom is 0.0415 e. The number of nitrogens with one attached hydrogen (secondary N) is 1. The Hall–Kier alpha value is -1.02. The fourth-order valence-corrected chi connectivity index (χ4v) is 3.62. The van der Waals surface area contributed by atoms with Crippen molar-refractivity contribution in [1.82, 2.24) is 5.32 Å². The van der Waals surface area contributed by atoms with Gasteiger partial charge in [0.2, 0.25) is 0 Å². The summed E-state index contributed by atoms with van der Waals surface area (Å²) in [5, 5.41) is 3.66. The monoisotopic (exact) mass is 258 g/mol. The van der Waals surface area contributed by atoms with Crippen molar-refractivity contribution in [3.05, 3.63) is 29.3 Å². The van der Waals surface area contributed by atoms with Gasteiger partial charge in [0, 0.05) is 30.9 Å². The largest absolute Gasteiger partial charge is 0.367 e. The fourth-order valence-electron chi connectivity index (χ4n) is 3.62. The molecule has 1 saturated carbocycles. The van der Waals surface area contributed by atoms with Crippen molar-refractivity contribution in [2.75, 3.05) is 11.4 Å². The van der Waals surface area contributed by atoms with Crippen LogP contribution in [-0.2, 0) is 6.54 Å². The summed E-state index contributed by atoms with van der Waals surface area (Å²) < 4.78 is 0. The fraction of sp³-hybridized carbons (Fsp3) is 0.647. The van der Waals surface area contributed by atoms with Crippen molar-refractivity contribution < 1.29 is 0 Å². The standard InChI is InChI=1S/C17H26N2/c1-13-8-9-17-15(10-13)11-18-14(2)12-19(17)16-6-4-3-5-7-16/h8-10,14,16,18H,3-7,11-12H2,1-2H3. The topological polar surface area (TPSA) is 15.3 Å². The Labute approximate surface area is 117 Å². The third-order valence-corrected chi connectivity index (χ3v) is 4.67. The Morgan fingerprint density at radius 3 is 2.74 bits per heavy atom. The van der Waals surface area contributed by atoms with Crippen LogP contribution in [-0.4, -0.2) is 18.6 Å². The van der Waals surface area contributed by atoms with Crippen molar-refractivity contribution in [3.63, 3.8) is 0 Å². The van der Waals surface area contributed by atoms with Crippen LogP contribution in [0.2, 0.25) is 0 Å². The van der Waals surface area contributed by atoms with Crippen molar-refractivity contribution in [2.45, 2.75) is 64.6 Å². The van der Waals surface area contributed by atoms with Gasteiger partial charge in [-0.25, -0.2) is 0 Å². The van der Waals surface area contributed by atoms with Gasteiger partial charge in [-0.1, -0.05) is 37.0 Å². The van der Waals surface area contributed by atoms with E-state index in [0.29, 0.717) is 6.04 Å². The predicted octanol–water partition coefficient (Wildman–Crippen LogP) is 3.63. The Morgan fingerprint density at radius 1 is 1.16 bits per heavy atom. The third-order valence-electron chi connectivity index (χ3n) is 4.67. The van der Waals surface area contributed by atoms with Gasteiger partial charge < -0.3 is 10.2 Å². The maximum atomic E-state index is 3.66. The van der Waals surface area contributed by atoms with E-state index in [1.807, 2.05) is 0 Å². The minimum Gasteiger partial charge on any atom is -0.367 e. The summed E-state index contributed by atoms with van der Waals surface area (Å²) in [5.74, 6) is 0. The Balaban J connectivity index is 1.92. The molecule has 1 aromatic rings. The van der Waals surface area contributed by atoms with Gasteiger partial charge in [-0.3, -0.25) is 0 Å². The van der Waals surface area contributed by atoms with E-state index in [9.17, 15) is 0 Å². The number of hydrogen-bond donors (Lipinski definition) is 1. The average molecular weight is 258 g/mol. The van der Waals surface area contributed by atoms with Crippen LogP contribution in [0.3, 0.4) is 0 Å². The zero-order valence-electron chi connectivity index (χ0n) is 12.3. The van der Waals surface area contributed by atoms with Gasteiger partial charge in [0.05, 0.1) is 0 Å². The number of fused-ring (bicyclic) bond motifs is 1. The highest BCUT2D eigenvalue weighted by atomic mass is 15.2. The van der Waals surface area contributed by atoms with Crippen LogP contribution in [0.15, 0.2) is 18.2 Å². The van der Waals surface area contributed by atoms with Crippen LogP contribution in [0.5, 0.6) is 0 Å². The Morgan fingerprint density at radius 2 is 1.95 bits per heavy atom. The quantitative estimate of drug-likeness (QED) is 0.827. The average Bonchev–Trinajstić information content (AvgIpc) is 2.59. The van der Waals surface area contributed by atoms with Crippen molar-refractivity contribution in [3.8, 4) is 0 Å². The van der Waals surface area contributed by atoms with Crippen LogP contribution >= 0.6 is 0 Å². The minimum absolute atomic E-state index is 0.578. The molecule has 1 aromatic carbocycles. The maximum absolute atomic E-state index is 3.66. The summed E-state index contributed by atoms with van der Waals surface area (Å²) in [6, 6.07) is 8.31. The lowest BCUT2D eigenvalue weighted by Crippen LogP contribution is -2.43. The molecule has 0 bridgehead atoms. The molecule has 1 N–H and O–H groups in total. The summed E-state index contributed by atoms with van der Waals surface area (Å²) in [6.07, 6.45) is 6.99. The van der Waals surface area contributed by atoms with E-state index in [2.05, 4.69) is 42.3 Å². The Kier molecular flexibility index (Phi) is 3.79. The second-order valence-corrected chi connectivity index (χ2v) is 6.36. The van der Waals surface area contributed by atoms with Gasteiger partial charge in [0.25, 0.3) is 0 Å². The minimum atomic E-state index is 0.578. The SMILES string of the molecule is Cc1ccc2c(c1)CNC(C)CN2C1CCCCC1. The van der Waals surface area contributed by atoms with E-state index in [0.717, 1.165) is 19.1 Å². The first-order valence-electron chi connectivity index (χ1n) is 7.83. The lowest BCUT2D eigenvalue weighted by atomic mass is 9.93. The second kappa shape index (κ2) is 5.54. The number of anilines is 1. The molecule has 2 aliphatic rings. The normalized spacial score (nSPS) is 24.9. The summed E-state index contributed by atoms with van der Waals surface area (Å²) in [4.78, 5) is 2.69. The predicted molar refractivity (Wildman–Crippen MR) is 81.7 cm³/mol. The molecule has 0 saturated heterocycles. The summed E-state index contributed by atoms with van der Waals surface area (Å²) >= 11 is 0. The molecule has 2 nitrogen and oxygen atoms in total. The molecule has 0 aromatic heterocycles. The molecule has 1 aliphatic heterocycles. The van der Waals surface area contributed by atoms with Gasteiger partial charge in [-0.15, -0.1) is 0 Å². The van der Waals surface area contributed by atoms with Crippen LogP contribution in [0.1, 0.15) is 50.2 Å². The third kappa shape index (κ3) is 2.79. The number of benzene rings is 1. The van der Waals surface area contributed by atoms with Gasteiger partial charge in [0.1, 0.15) is 0 Å². The molecule has 19 heavy (non-hydrogen) atoms. The van der Waals surface area contributed by atoms with Crippen molar-refractivity contribution in [1.29, 1.82) is 0 Å². The van der Waals surface area contributed by atoms with Crippen LogP contribution in [0.4, 0.5) is 5.69 Å². The molecule has 1 unspecified atom stereocenters. The molecule has 2 heteroatoms. The summed E-state index contributed by atoms with van der Waals surface area (Å²) in [7, 11) is 0. The molecular weight excluding hydrogens is 232 g/mol. The first kappa shape index (κ1) is 13.0. The first-order valence-corrected chi connectivity index (χ1v) is 7.83. The molecule has 1 heterocycles. The highest BCUT2D eigenvalue weighted by Gasteiger charge is 2.26. The molecule has 3 rings (SSSR count). The second-order valence-electron chi connectivity index (χ2n) is 6.36. The van der Waals surface area contributed by atoms with Crippen LogP contribution < -0.4 is 10.2 Å². The first-order chi connectivity index (χ1) is 9.24. The van der Waals surface area contributed by atoms with E-state index < -0.39 is 0 Å². The number of nitrogens with zero attached hydrogens (tertiary/aromatic N) is 1. The number of rotatable bonds is 1. The molecule has 0 amide bonds. The smallest absolute Gasteiger partial charge is 0.0415 e. The van der Waals surface area contributed by atoms with Gasteiger partial charge >= 0.3 is 0 Å². The summed E-state index contributed by atoms with van der Waals surface area (Å²) in [6.45, 7) is 6.68. The lowest BCUT2D eigenvalue weighted by molar-refractivity contribution is 0.403. The molecule has 104 valence electrons. The summed E-state index contributed by atoms with van der Waals surface area (Å²) in [5.41, 5.74) is 4.34. The molecular formula is C17H26N2. The van der Waals surface area contributed by atoms with E-state index in [1.165, 1.54) is 48.9 Å². The molecule has 1 aliphatic carbocycles. The highest BCUT2D eigenvalue weighted by Crippen LogP contribution is 2.31. The molecule has 0 radical (unpaired) electrons. The van der Waals surface area contributed by atoms with E-state index in [1.54, 1.807) is 0 Å². The number of hydrogen-bond acceptors (Lipinski definition) is 2.